The first-order valence-corrected chi connectivity index (χ1v) is 23.9. The molecule has 48 heavy (non-hydrogen) atoms. The van der Waals surface area contributed by atoms with Crippen LogP contribution in [0.5, 0.6) is 0 Å². The van der Waals surface area contributed by atoms with Crippen LogP contribution in [0.1, 0.15) is 51.4 Å². The summed E-state index contributed by atoms with van der Waals surface area (Å²) in [5.41, 5.74) is 0. The number of carbonyl (C=O) groups is 1. The maximum atomic E-state index is 14.0. The minimum absolute atomic E-state index is 0. The maximum absolute atomic E-state index is 14.0. The van der Waals surface area contributed by atoms with Gasteiger partial charge in [0.15, 0.2) is 5.91 Å². The van der Waals surface area contributed by atoms with E-state index in [4.69, 9.17) is 53.1 Å². The molecule has 1 amide bonds. The number of rotatable bonds is 31. The zero-order valence-electron chi connectivity index (χ0n) is 32.0. The number of hydrogen-bond acceptors (Lipinski definition) is 13. The number of hydrogen-bond donors (Lipinski definition) is 0. The van der Waals surface area contributed by atoms with Crippen molar-refractivity contribution in [1.82, 2.24) is 4.90 Å². The monoisotopic (exact) mass is 1020 g/mol. The van der Waals surface area contributed by atoms with Crippen molar-refractivity contribution in [2.45, 2.75) is 75.5 Å². The quantitative estimate of drug-likeness (QED) is 0.0717. The van der Waals surface area contributed by atoms with E-state index in [2.05, 4.69) is 7.05 Å². The summed E-state index contributed by atoms with van der Waals surface area (Å²) in [5.74, 6) is -0.107. The fourth-order valence-electron chi connectivity index (χ4n) is 5.95. The molecule has 0 saturated carbocycles. The van der Waals surface area contributed by atoms with Gasteiger partial charge in [0.1, 0.15) is 0 Å². The van der Waals surface area contributed by atoms with Gasteiger partial charge in [-0.2, -0.15) is 0 Å². The number of carbonyl (C=O) groups excluding carboxylic acids is 1. The van der Waals surface area contributed by atoms with Crippen LogP contribution in [0, 0.1) is 18.9 Å². The maximum Gasteiger partial charge on any atom is 0.500 e. The van der Waals surface area contributed by atoms with E-state index in [9.17, 15) is 4.79 Å². The Morgan fingerprint density at radius 1 is 0.479 bits per heavy atom. The molecule has 0 aromatic rings. The summed E-state index contributed by atoms with van der Waals surface area (Å²) >= 11 is 0. The van der Waals surface area contributed by atoms with Crippen LogP contribution in [0.15, 0.2) is 0 Å². The molecule has 0 aliphatic carbocycles. The molecule has 0 fully saturated rings. The Balaban J connectivity index is 0. The first kappa shape index (κ1) is 49.0. The van der Waals surface area contributed by atoms with Crippen LogP contribution in [0.2, 0.25) is 24.2 Å². The Morgan fingerprint density at radius 3 is 0.938 bits per heavy atom. The van der Waals surface area contributed by atoms with E-state index in [1.54, 1.807) is 90.2 Å². The summed E-state index contributed by atoms with van der Waals surface area (Å²) < 4.78 is 67.5. The van der Waals surface area contributed by atoms with E-state index < -0.39 is 35.2 Å². The first-order valence-electron chi connectivity index (χ1n) is 16.2. The van der Waals surface area contributed by atoms with Crippen molar-refractivity contribution in [3.05, 3.63) is 7.05 Å². The largest absolute Gasteiger partial charge is 0.500 e. The third-order valence-corrected chi connectivity index (χ3v) is 20.5. The summed E-state index contributed by atoms with van der Waals surface area (Å²) in [6, 6.07) is 2.53. The minimum Gasteiger partial charge on any atom is -0.495 e. The SMILES string of the molecule is [CH2-]N(CC(CCC[Si](OC)(OC)OC)CCC[Si](OC)(OC)OC)C(=O)C(CCC[Si](OC)(OC)OC)CCC[Si](OC)(OC)OC.[Rf]. The van der Waals surface area contributed by atoms with Gasteiger partial charge in [-0.05, 0) is 63.8 Å². The molecule has 19 heteroatoms. The number of amides is 1. The van der Waals surface area contributed by atoms with Gasteiger partial charge >= 0.3 is 35.2 Å². The Kier molecular flexibility index (Phi) is 26.3. The molecule has 0 aromatic carbocycles. The van der Waals surface area contributed by atoms with Crippen LogP contribution >= 0.6 is 0 Å². The van der Waals surface area contributed by atoms with Gasteiger partial charge < -0.3 is 58.0 Å². The molecule has 0 N–H and O–H groups in total. The Morgan fingerprint density at radius 2 is 0.708 bits per heavy atom. The molecule has 0 unspecified atom stereocenters. The van der Waals surface area contributed by atoms with Crippen LogP contribution in [-0.4, -0.2) is 138 Å². The molecule has 0 heterocycles. The van der Waals surface area contributed by atoms with E-state index in [0.717, 1.165) is 25.7 Å². The average molecular weight is 1020 g/mol. The van der Waals surface area contributed by atoms with E-state index in [1.807, 2.05) is 0 Å². The average Bonchev–Trinajstić information content (AvgIpc) is 3.11. The molecule has 0 spiro atoms. The third-order valence-electron chi connectivity index (χ3n) is 9.13. The zero-order chi connectivity index (χ0) is 36.0. The van der Waals surface area contributed by atoms with Gasteiger partial charge in [-0.1, -0.05) is 0 Å². The van der Waals surface area contributed by atoms with Gasteiger partial charge in [-0.25, -0.2) is 0 Å². The fraction of sp³-hybridized carbons (Fsp3) is 0.931. The van der Waals surface area contributed by atoms with Gasteiger partial charge in [-0.3, -0.25) is 11.8 Å². The summed E-state index contributed by atoms with van der Waals surface area (Å²) in [6.45, 7) is 0.498. The summed E-state index contributed by atoms with van der Waals surface area (Å²) in [4.78, 5) is 15.7. The van der Waals surface area contributed by atoms with E-state index in [0.29, 0.717) is 56.4 Å². The Labute approximate surface area is 289 Å². The molecule has 0 saturated heterocycles. The molecule has 0 aliphatic rings. The van der Waals surface area contributed by atoms with Crippen molar-refractivity contribution in [3.63, 3.8) is 0 Å². The number of nitrogens with zero attached hydrogens (tertiary/aromatic N) is 1. The van der Waals surface area contributed by atoms with Crippen molar-refractivity contribution in [3.8, 4) is 0 Å². The van der Waals surface area contributed by atoms with Crippen LogP contribution in [0.25, 0.3) is 0 Å². The predicted molar refractivity (Wildman–Crippen MR) is 187 cm³/mol. The van der Waals surface area contributed by atoms with E-state index in [1.165, 1.54) is 0 Å². The predicted octanol–water partition coefficient (Wildman–Crippen LogP) is 4.47. The first-order chi connectivity index (χ1) is 22.4. The minimum atomic E-state index is -2.78. The Hall–Kier alpha value is -1.14. The molecule has 0 radical (unpaired) electrons. The Bertz CT molecular complexity index is 726. The van der Waals surface area contributed by atoms with Gasteiger partial charge in [0.2, 0.25) is 0 Å². The molecule has 14 nitrogen and oxygen atoms in total. The standard InChI is InChI=1S/C29H66NO13Si4.Rf/c1-30(26-27(18-14-22-44(32-2,33-3)34-4)19-15-23-45(35-5,36-6)37-7)29(31)28(20-16-24-46(38-8,39-9)40-10)21-17-25-47(41-11,42-12)43-13;/h27-28H,1,14-26H2,2-13H3;/q-1;. The van der Waals surface area contributed by atoms with Crippen molar-refractivity contribution in [2.24, 2.45) is 11.8 Å². The second-order valence-electron chi connectivity index (χ2n) is 11.4. The van der Waals surface area contributed by atoms with Crippen LogP contribution in [-0.2, 0) is 57.9 Å². The van der Waals surface area contributed by atoms with Gasteiger partial charge in [0, 0.05) is 115 Å². The zero-order valence-corrected chi connectivity index (χ0v) is 42.4. The van der Waals surface area contributed by atoms with Gasteiger partial charge in [0.25, 0.3) is 0 Å². The second kappa shape index (κ2) is 25.8. The second-order valence-corrected chi connectivity index (χ2v) is 23.7. The molecule has 0 aliphatic heterocycles. The molecular formula is C29H66NO13RfSi4-. The summed E-state index contributed by atoms with van der Waals surface area (Å²) in [5, 5.41) is 0. The van der Waals surface area contributed by atoms with E-state index in [-0.39, 0.29) is 17.7 Å². The molecule has 0 bridgehead atoms. The van der Waals surface area contributed by atoms with Crippen molar-refractivity contribution >= 4 is 41.1 Å². The molecule has 0 aromatic heterocycles. The van der Waals surface area contributed by atoms with Crippen molar-refractivity contribution in [2.75, 3.05) is 91.9 Å². The third kappa shape index (κ3) is 15.4. The topological polar surface area (TPSA) is 131 Å². The normalized spacial score (nSPS) is 13.0. The summed E-state index contributed by atoms with van der Waals surface area (Å²) in [6.07, 6.45) is 5.97. The van der Waals surface area contributed by atoms with Gasteiger partial charge in [-0.15, -0.1) is 0 Å². The summed E-state index contributed by atoms with van der Waals surface area (Å²) in [7, 11) is 12.5. The van der Waals surface area contributed by atoms with E-state index >= 15 is 0 Å². The molecular weight excluding hydrogens is 950 g/mol. The van der Waals surface area contributed by atoms with Gasteiger partial charge in [0.05, 0.1) is 0 Å². The van der Waals surface area contributed by atoms with Crippen molar-refractivity contribution < 1.29 is 57.9 Å². The molecule has 0 atom stereocenters. The van der Waals surface area contributed by atoms with Crippen LogP contribution in [0.4, 0.5) is 0 Å². The fourth-order valence-corrected chi connectivity index (χ4v) is 12.9. The van der Waals surface area contributed by atoms with Crippen LogP contribution in [0.3, 0.4) is 0 Å². The van der Waals surface area contributed by atoms with Crippen molar-refractivity contribution in [1.29, 1.82) is 0 Å². The van der Waals surface area contributed by atoms with Crippen LogP contribution < -0.4 is 0 Å². The molecule has 284 valence electrons. The smallest absolute Gasteiger partial charge is 0.495 e. The molecule has 0 rings (SSSR count).